The monoisotopic (exact) mass is 546 g/mol. The van der Waals surface area contributed by atoms with E-state index in [1.165, 1.54) is 18.2 Å². The van der Waals surface area contributed by atoms with E-state index in [1.54, 1.807) is 24.6 Å². The molecular weight excluding hydrogens is 523 g/mol. The second-order valence-electron chi connectivity index (χ2n) is 8.67. The van der Waals surface area contributed by atoms with Gasteiger partial charge in [0.2, 0.25) is 5.95 Å². The number of fused-ring (bicyclic) bond motifs is 1. The Kier molecular flexibility index (Phi) is 7.56. The third-order valence-electron chi connectivity index (χ3n) is 6.33. The number of rotatable bonds is 6. The zero-order valence-corrected chi connectivity index (χ0v) is 21.0. The van der Waals surface area contributed by atoms with Crippen molar-refractivity contribution in [2.24, 2.45) is 13.0 Å². The van der Waals surface area contributed by atoms with Crippen molar-refractivity contribution in [1.82, 2.24) is 14.9 Å². The van der Waals surface area contributed by atoms with Crippen molar-refractivity contribution in [3.05, 3.63) is 45.7 Å². The van der Waals surface area contributed by atoms with Gasteiger partial charge in [0, 0.05) is 19.2 Å². The number of halogens is 6. The molecule has 0 aliphatic heterocycles. The van der Waals surface area contributed by atoms with Crippen LogP contribution in [0.25, 0.3) is 11.0 Å². The van der Waals surface area contributed by atoms with Crippen LogP contribution in [-0.4, -0.2) is 34.3 Å². The second kappa shape index (κ2) is 10.3. The molecule has 0 radical (unpaired) electrons. The van der Waals surface area contributed by atoms with Gasteiger partial charge >= 0.3 is 6.18 Å². The van der Waals surface area contributed by atoms with Crippen LogP contribution in [0.2, 0.25) is 10.0 Å². The van der Waals surface area contributed by atoms with E-state index in [0.29, 0.717) is 16.8 Å². The van der Waals surface area contributed by atoms with E-state index in [9.17, 15) is 22.4 Å². The number of nitrogens with zero attached hydrogens (tertiary/aromatic N) is 2. The van der Waals surface area contributed by atoms with Crippen LogP contribution in [0.5, 0.6) is 5.75 Å². The first kappa shape index (κ1) is 26.3. The van der Waals surface area contributed by atoms with Gasteiger partial charge in [0.05, 0.1) is 44.9 Å². The molecule has 1 aromatic heterocycles. The zero-order valence-electron chi connectivity index (χ0n) is 19.5. The van der Waals surface area contributed by atoms with Crippen LogP contribution >= 0.6 is 23.2 Å². The number of hydrogen-bond donors (Lipinski definition) is 2. The van der Waals surface area contributed by atoms with Crippen LogP contribution in [-0.2, 0) is 7.05 Å². The van der Waals surface area contributed by atoms with Gasteiger partial charge in [0.15, 0.2) is 5.82 Å². The molecule has 0 atom stereocenters. The van der Waals surface area contributed by atoms with E-state index in [2.05, 4.69) is 15.6 Å². The summed E-state index contributed by atoms with van der Waals surface area (Å²) >= 11 is 12.0. The fourth-order valence-electron chi connectivity index (χ4n) is 4.36. The highest BCUT2D eigenvalue weighted by Crippen LogP contribution is 2.38. The van der Waals surface area contributed by atoms with Crippen molar-refractivity contribution in [1.29, 1.82) is 0 Å². The summed E-state index contributed by atoms with van der Waals surface area (Å²) in [5.41, 5.74) is 1.19. The first-order chi connectivity index (χ1) is 17.0. The summed E-state index contributed by atoms with van der Waals surface area (Å²) in [6, 6.07) is 5.61. The number of carbonyl (C=O) groups is 1. The average molecular weight is 547 g/mol. The normalized spacial score (nSPS) is 18.3. The Morgan fingerprint density at radius 3 is 2.47 bits per heavy atom. The number of carbonyl (C=O) groups excluding carboxylic acids is 1. The summed E-state index contributed by atoms with van der Waals surface area (Å²) in [5.74, 6) is -1.98. The molecule has 3 aromatic rings. The van der Waals surface area contributed by atoms with Crippen molar-refractivity contribution >= 4 is 51.8 Å². The zero-order chi connectivity index (χ0) is 26.2. The van der Waals surface area contributed by atoms with Gasteiger partial charge in [-0.2, -0.15) is 13.2 Å². The Balaban J connectivity index is 1.61. The van der Waals surface area contributed by atoms with E-state index in [1.807, 2.05) is 0 Å². The molecule has 6 nitrogen and oxygen atoms in total. The maximum atomic E-state index is 14.5. The van der Waals surface area contributed by atoms with Crippen LogP contribution in [0, 0.1) is 11.7 Å². The molecule has 0 spiro atoms. The summed E-state index contributed by atoms with van der Waals surface area (Å²) in [4.78, 5) is 17.6. The molecule has 0 bridgehead atoms. The minimum atomic E-state index is -4.22. The smallest absolute Gasteiger partial charge is 0.391 e. The number of amides is 1. The minimum absolute atomic E-state index is 0.0241. The summed E-state index contributed by atoms with van der Waals surface area (Å²) < 4.78 is 60.8. The lowest BCUT2D eigenvalue weighted by molar-refractivity contribution is -0.182. The van der Waals surface area contributed by atoms with Gasteiger partial charge < -0.3 is 19.9 Å². The summed E-state index contributed by atoms with van der Waals surface area (Å²) in [5, 5.41) is 5.68. The molecule has 2 N–H and O–H groups in total. The third-order valence-corrected chi connectivity index (χ3v) is 6.94. The van der Waals surface area contributed by atoms with Gasteiger partial charge in [-0.05, 0) is 50.8 Å². The SMILES string of the molecule is CCOc1cc2c(cc1C(=O)NC1CCC(C(F)(F)F)CC1)nc(Nc1c(Cl)ccc(Cl)c1F)n2C. The molecule has 1 aliphatic rings. The van der Waals surface area contributed by atoms with Crippen molar-refractivity contribution in [3.8, 4) is 5.75 Å². The van der Waals surface area contributed by atoms with E-state index in [-0.39, 0.29) is 65.6 Å². The Bertz CT molecular complexity index is 1290. The van der Waals surface area contributed by atoms with Crippen LogP contribution < -0.4 is 15.4 Å². The largest absolute Gasteiger partial charge is 0.493 e. The number of aromatic nitrogens is 2. The van der Waals surface area contributed by atoms with Crippen molar-refractivity contribution in [2.45, 2.75) is 44.8 Å². The second-order valence-corrected chi connectivity index (χ2v) is 9.49. The molecule has 4 rings (SSSR count). The lowest BCUT2D eigenvalue weighted by atomic mass is 9.85. The van der Waals surface area contributed by atoms with Gasteiger partial charge in [-0.25, -0.2) is 9.37 Å². The maximum absolute atomic E-state index is 14.5. The predicted molar refractivity (Wildman–Crippen MR) is 131 cm³/mol. The summed E-state index contributed by atoms with van der Waals surface area (Å²) in [6.45, 7) is 2.05. The van der Waals surface area contributed by atoms with Crippen molar-refractivity contribution < 1.29 is 27.1 Å². The number of hydrogen-bond acceptors (Lipinski definition) is 4. The topological polar surface area (TPSA) is 68.2 Å². The molecule has 1 aliphatic carbocycles. The number of alkyl halides is 3. The number of nitrogens with one attached hydrogen (secondary N) is 2. The van der Waals surface area contributed by atoms with Crippen LogP contribution in [0.4, 0.5) is 29.2 Å². The number of anilines is 2. The molecule has 12 heteroatoms. The lowest BCUT2D eigenvalue weighted by Crippen LogP contribution is -2.40. The van der Waals surface area contributed by atoms with Gasteiger partial charge in [-0.3, -0.25) is 4.79 Å². The average Bonchev–Trinajstić information content (AvgIpc) is 3.13. The minimum Gasteiger partial charge on any atom is -0.493 e. The highest BCUT2D eigenvalue weighted by atomic mass is 35.5. The molecule has 0 unspecified atom stereocenters. The van der Waals surface area contributed by atoms with Gasteiger partial charge in [0.1, 0.15) is 5.75 Å². The van der Waals surface area contributed by atoms with E-state index in [0.717, 1.165) is 0 Å². The molecule has 0 saturated heterocycles. The van der Waals surface area contributed by atoms with Gasteiger partial charge in [0.25, 0.3) is 5.91 Å². The quantitative estimate of drug-likeness (QED) is 0.257. The Labute approximate surface area is 214 Å². The first-order valence-electron chi connectivity index (χ1n) is 11.4. The molecule has 36 heavy (non-hydrogen) atoms. The molecule has 1 amide bonds. The molecule has 2 aromatic carbocycles. The summed E-state index contributed by atoms with van der Waals surface area (Å²) in [6.07, 6.45) is -3.78. The number of aryl methyl sites for hydroxylation is 1. The lowest BCUT2D eigenvalue weighted by Gasteiger charge is -2.30. The van der Waals surface area contributed by atoms with Crippen molar-refractivity contribution in [2.75, 3.05) is 11.9 Å². The van der Waals surface area contributed by atoms with E-state index >= 15 is 0 Å². The number of ether oxygens (including phenoxy) is 1. The van der Waals surface area contributed by atoms with Crippen LogP contribution in [0.15, 0.2) is 24.3 Å². The molecular formula is C24H24Cl2F4N4O2. The maximum Gasteiger partial charge on any atom is 0.391 e. The first-order valence-corrected chi connectivity index (χ1v) is 12.2. The fraction of sp³-hybridized carbons (Fsp3) is 0.417. The summed E-state index contributed by atoms with van der Waals surface area (Å²) in [7, 11) is 1.70. The molecule has 1 saturated carbocycles. The fourth-order valence-corrected chi connectivity index (χ4v) is 4.72. The van der Waals surface area contributed by atoms with Crippen molar-refractivity contribution in [3.63, 3.8) is 0 Å². The standard InChI is InChI=1S/C24H24Cl2F4N4O2/c1-3-36-19-11-18-17(32-23(34(18)2)33-21-16(26)9-8-15(25)20(21)27)10-14(19)22(35)31-13-6-4-12(5-7-13)24(28,29)30/h8-13H,3-7H2,1-2H3,(H,31,35)(H,32,33). The third kappa shape index (κ3) is 5.34. The number of imidazole rings is 1. The molecule has 1 heterocycles. The highest BCUT2D eigenvalue weighted by Gasteiger charge is 2.41. The van der Waals surface area contributed by atoms with Gasteiger partial charge in [-0.1, -0.05) is 23.2 Å². The highest BCUT2D eigenvalue weighted by molar-refractivity contribution is 6.35. The van der Waals surface area contributed by atoms with E-state index in [4.69, 9.17) is 27.9 Å². The Hall–Kier alpha value is -2.72. The molecule has 1 fully saturated rings. The molecule has 194 valence electrons. The van der Waals surface area contributed by atoms with Crippen LogP contribution in [0.3, 0.4) is 0 Å². The van der Waals surface area contributed by atoms with E-state index < -0.39 is 23.8 Å². The Morgan fingerprint density at radius 1 is 1.17 bits per heavy atom. The van der Waals surface area contributed by atoms with Gasteiger partial charge in [-0.15, -0.1) is 0 Å². The number of benzene rings is 2. The predicted octanol–water partition coefficient (Wildman–Crippen LogP) is 7.01. The van der Waals surface area contributed by atoms with Crippen LogP contribution in [0.1, 0.15) is 43.0 Å². The Morgan fingerprint density at radius 2 is 1.83 bits per heavy atom.